The van der Waals surface area contributed by atoms with E-state index in [-0.39, 0.29) is 11.9 Å². The predicted octanol–water partition coefficient (Wildman–Crippen LogP) is 1.66. The Morgan fingerprint density at radius 1 is 1.40 bits per heavy atom. The Kier molecular flexibility index (Phi) is 3.61. The fourth-order valence-corrected chi connectivity index (χ4v) is 3.12. The Balaban J connectivity index is 1.55. The summed E-state index contributed by atoms with van der Waals surface area (Å²) < 4.78 is 5.74. The summed E-state index contributed by atoms with van der Waals surface area (Å²) in [7, 11) is 0. The number of carbonyl (C=O) groups excluding carboxylic acids is 1. The molecule has 106 valence electrons. The van der Waals surface area contributed by atoms with E-state index in [0.717, 1.165) is 12.2 Å². The highest BCUT2D eigenvalue weighted by Crippen LogP contribution is 2.26. The van der Waals surface area contributed by atoms with Gasteiger partial charge in [0.15, 0.2) is 5.11 Å². The van der Waals surface area contributed by atoms with Gasteiger partial charge in [-0.3, -0.25) is 9.69 Å². The van der Waals surface area contributed by atoms with Gasteiger partial charge in [-0.1, -0.05) is 6.07 Å². The van der Waals surface area contributed by atoms with Crippen molar-refractivity contribution in [1.29, 1.82) is 0 Å². The summed E-state index contributed by atoms with van der Waals surface area (Å²) in [5.41, 5.74) is 2.83. The summed E-state index contributed by atoms with van der Waals surface area (Å²) >= 11 is 5.13. The molecule has 1 saturated heterocycles. The van der Waals surface area contributed by atoms with E-state index in [2.05, 4.69) is 17.4 Å². The molecule has 0 bridgehead atoms. The van der Waals surface area contributed by atoms with Crippen LogP contribution in [0.2, 0.25) is 0 Å². The van der Waals surface area contributed by atoms with E-state index in [4.69, 9.17) is 17.0 Å². The second-order valence-electron chi connectivity index (χ2n) is 5.29. The molecule has 4 nitrogen and oxygen atoms in total. The number of hydrogen-bond acceptors (Lipinski definition) is 3. The van der Waals surface area contributed by atoms with Gasteiger partial charge in [0.1, 0.15) is 18.4 Å². The highest BCUT2D eigenvalue weighted by molar-refractivity contribution is 7.80. The Hall–Kier alpha value is -1.62. The second kappa shape index (κ2) is 5.40. The molecule has 1 aliphatic carbocycles. The number of ether oxygens (including phenoxy) is 1. The summed E-state index contributed by atoms with van der Waals surface area (Å²) in [5.74, 6) is 0.900. The van der Waals surface area contributed by atoms with Gasteiger partial charge in [-0.2, -0.15) is 0 Å². The minimum absolute atomic E-state index is 0.0209. The van der Waals surface area contributed by atoms with E-state index in [1.54, 1.807) is 4.90 Å². The van der Waals surface area contributed by atoms with Gasteiger partial charge >= 0.3 is 0 Å². The second-order valence-corrected chi connectivity index (χ2v) is 5.68. The van der Waals surface area contributed by atoms with Crippen LogP contribution in [-0.2, 0) is 17.6 Å². The third-order valence-electron chi connectivity index (χ3n) is 3.88. The van der Waals surface area contributed by atoms with Crippen molar-refractivity contribution in [3.05, 3.63) is 29.3 Å². The van der Waals surface area contributed by atoms with Crippen molar-refractivity contribution in [1.82, 2.24) is 10.2 Å². The molecule has 0 unspecified atom stereocenters. The first-order chi connectivity index (χ1) is 9.65. The van der Waals surface area contributed by atoms with Crippen LogP contribution in [0.4, 0.5) is 0 Å². The number of carbonyl (C=O) groups is 1. The highest BCUT2D eigenvalue weighted by atomic mass is 32.1. The molecule has 1 aromatic carbocycles. The van der Waals surface area contributed by atoms with E-state index in [9.17, 15) is 4.79 Å². The van der Waals surface area contributed by atoms with Crippen LogP contribution in [0.1, 0.15) is 24.5 Å². The third kappa shape index (κ3) is 2.50. The smallest absolute Gasteiger partial charge is 0.251 e. The average molecular weight is 290 g/mol. The molecule has 1 atom stereocenters. The zero-order valence-corrected chi connectivity index (χ0v) is 12.3. The number of aryl methyl sites for hydroxylation is 2. The molecule has 1 heterocycles. The van der Waals surface area contributed by atoms with Crippen molar-refractivity contribution in [3.8, 4) is 5.75 Å². The fraction of sp³-hybridized carbons (Fsp3) is 0.467. The molecule has 3 rings (SSSR count). The van der Waals surface area contributed by atoms with Gasteiger partial charge in [0.05, 0.1) is 6.54 Å². The SMILES string of the molecule is C[C@@H]1NC(=S)N(CCOc2ccc3c(c2)CCC3)C1=O. The molecule has 1 aliphatic heterocycles. The Bertz CT molecular complexity index is 559. The topological polar surface area (TPSA) is 41.6 Å². The van der Waals surface area contributed by atoms with Crippen LogP contribution in [0.25, 0.3) is 0 Å². The van der Waals surface area contributed by atoms with E-state index >= 15 is 0 Å². The number of benzene rings is 1. The maximum absolute atomic E-state index is 11.8. The molecule has 0 saturated carbocycles. The van der Waals surface area contributed by atoms with E-state index in [1.807, 2.05) is 13.0 Å². The van der Waals surface area contributed by atoms with Crippen molar-refractivity contribution in [3.63, 3.8) is 0 Å². The van der Waals surface area contributed by atoms with Crippen molar-refractivity contribution >= 4 is 23.2 Å². The lowest BCUT2D eigenvalue weighted by Gasteiger charge is -2.15. The molecule has 2 aliphatic rings. The minimum Gasteiger partial charge on any atom is -0.492 e. The van der Waals surface area contributed by atoms with Crippen molar-refractivity contribution in [2.24, 2.45) is 0 Å². The monoisotopic (exact) mass is 290 g/mol. The number of nitrogens with one attached hydrogen (secondary N) is 1. The molecule has 1 aromatic rings. The number of rotatable bonds is 4. The van der Waals surface area contributed by atoms with E-state index in [1.165, 1.54) is 24.0 Å². The van der Waals surface area contributed by atoms with Crippen LogP contribution in [0.5, 0.6) is 5.75 Å². The minimum atomic E-state index is -0.220. The number of hydrogen-bond donors (Lipinski definition) is 1. The Morgan fingerprint density at radius 2 is 2.20 bits per heavy atom. The van der Waals surface area contributed by atoms with Gasteiger partial charge in [-0.15, -0.1) is 0 Å². The molecule has 1 amide bonds. The summed E-state index contributed by atoms with van der Waals surface area (Å²) in [5, 5.41) is 3.45. The van der Waals surface area contributed by atoms with Crippen LogP contribution in [0.3, 0.4) is 0 Å². The van der Waals surface area contributed by atoms with Crippen molar-refractivity contribution in [2.45, 2.75) is 32.2 Å². The predicted molar refractivity (Wildman–Crippen MR) is 80.9 cm³/mol. The van der Waals surface area contributed by atoms with E-state index < -0.39 is 0 Å². The van der Waals surface area contributed by atoms with Crippen molar-refractivity contribution < 1.29 is 9.53 Å². The largest absolute Gasteiger partial charge is 0.492 e. The zero-order valence-electron chi connectivity index (χ0n) is 11.5. The first kappa shape index (κ1) is 13.4. The lowest BCUT2D eigenvalue weighted by atomic mass is 10.1. The van der Waals surface area contributed by atoms with Gasteiger partial charge < -0.3 is 10.1 Å². The summed E-state index contributed by atoms with van der Waals surface area (Å²) in [4.78, 5) is 13.4. The molecule has 1 N–H and O–H groups in total. The molecular weight excluding hydrogens is 272 g/mol. The van der Waals surface area contributed by atoms with Crippen LogP contribution in [0, 0.1) is 0 Å². The van der Waals surface area contributed by atoms with Crippen LogP contribution in [0.15, 0.2) is 18.2 Å². The quantitative estimate of drug-likeness (QED) is 0.856. The maximum atomic E-state index is 11.8. The van der Waals surface area contributed by atoms with Gasteiger partial charge in [0.2, 0.25) is 0 Å². The van der Waals surface area contributed by atoms with Gasteiger partial charge in [-0.25, -0.2) is 0 Å². The molecular formula is C15H18N2O2S. The number of nitrogens with zero attached hydrogens (tertiary/aromatic N) is 1. The summed E-state index contributed by atoms with van der Waals surface area (Å²) in [6.07, 6.45) is 3.55. The number of fused-ring (bicyclic) bond motifs is 1. The third-order valence-corrected chi connectivity index (χ3v) is 4.21. The molecule has 0 spiro atoms. The molecule has 5 heteroatoms. The first-order valence-corrected chi connectivity index (χ1v) is 7.42. The van der Waals surface area contributed by atoms with E-state index in [0.29, 0.717) is 18.3 Å². The lowest BCUT2D eigenvalue weighted by molar-refractivity contribution is -0.126. The average Bonchev–Trinajstić information content (AvgIpc) is 2.98. The van der Waals surface area contributed by atoms with Crippen LogP contribution in [-0.4, -0.2) is 35.1 Å². The molecule has 20 heavy (non-hydrogen) atoms. The summed E-state index contributed by atoms with van der Waals surface area (Å²) in [6.45, 7) is 2.77. The Morgan fingerprint density at radius 3 is 2.95 bits per heavy atom. The van der Waals surface area contributed by atoms with Gasteiger partial charge in [-0.05, 0) is 61.7 Å². The van der Waals surface area contributed by atoms with Crippen LogP contribution < -0.4 is 10.1 Å². The van der Waals surface area contributed by atoms with Gasteiger partial charge in [0, 0.05) is 0 Å². The number of amides is 1. The normalized spacial score (nSPS) is 21.1. The maximum Gasteiger partial charge on any atom is 0.251 e. The zero-order chi connectivity index (χ0) is 14.1. The van der Waals surface area contributed by atoms with Gasteiger partial charge in [0.25, 0.3) is 5.91 Å². The van der Waals surface area contributed by atoms with Crippen LogP contribution >= 0.6 is 12.2 Å². The molecule has 1 fully saturated rings. The summed E-state index contributed by atoms with van der Waals surface area (Å²) in [6, 6.07) is 6.05. The fourth-order valence-electron chi connectivity index (χ4n) is 2.76. The molecule has 0 radical (unpaired) electrons. The molecule has 0 aromatic heterocycles. The standard InChI is InChI=1S/C15H18N2O2S/c1-10-14(18)17(15(20)16-10)7-8-19-13-6-5-11-3-2-4-12(11)9-13/h5-6,9-10H,2-4,7-8H2,1H3,(H,16,20)/t10-/m0/s1. The lowest BCUT2D eigenvalue weighted by Crippen LogP contribution is -2.34. The number of thiocarbonyl (C=S) groups is 1. The van der Waals surface area contributed by atoms with Crippen molar-refractivity contribution in [2.75, 3.05) is 13.2 Å². The highest BCUT2D eigenvalue weighted by Gasteiger charge is 2.31. The first-order valence-electron chi connectivity index (χ1n) is 7.01. The Labute approximate surface area is 124 Å².